The zero-order chi connectivity index (χ0) is 24.7. The van der Waals surface area contributed by atoms with Crippen molar-refractivity contribution in [1.29, 1.82) is 0 Å². The molecule has 0 aliphatic carbocycles. The van der Waals surface area contributed by atoms with Crippen LogP contribution in [0, 0.1) is 0 Å². The second-order valence-electron chi connectivity index (χ2n) is 7.98. The molecule has 2 N–H and O–H groups in total. The van der Waals surface area contributed by atoms with Crippen LogP contribution in [0.1, 0.15) is 35.8 Å². The number of carbonyl (C=O) groups excluding carboxylic acids is 3. The molecule has 1 aromatic carbocycles. The summed E-state index contributed by atoms with van der Waals surface area (Å²) in [5.41, 5.74) is 0.816. The molecule has 0 bridgehead atoms. The lowest BCUT2D eigenvalue weighted by Crippen LogP contribution is -2.46. The molecule has 1 aliphatic heterocycles. The minimum absolute atomic E-state index is 0.0290. The van der Waals surface area contributed by atoms with E-state index >= 15 is 0 Å². The van der Waals surface area contributed by atoms with E-state index in [2.05, 4.69) is 15.6 Å². The maximum atomic E-state index is 12.6. The number of hydrogen-bond acceptors (Lipinski definition) is 7. The van der Waals surface area contributed by atoms with E-state index in [9.17, 15) is 22.8 Å². The van der Waals surface area contributed by atoms with Gasteiger partial charge < -0.3 is 20.3 Å². The van der Waals surface area contributed by atoms with E-state index in [4.69, 9.17) is 4.74 Å². The van der Waals surface area contributed by atoms with Crippen LogP contribution in [0.5, 0.6) is 0 Å². The number of piperidine rings is 1. The van der Waals surface area contributed by atoms with Gasteiger partial charge in [-0.1, -0.05) is 18.2 Å². The number of amides is 3. The van der Waals surface area contributed by atoms with Crippen molar-refractivity contribution < 1.29 is 27.5 Å². The van der Waals surface area contributed by atoms with Gasteiger partial charge in [-0.2, -0.15) is 0 Å². The van der Waals surface area contributed by atoms with E-state index in [0.717, 1.165) is 6.26 Å². The first-order valence-corrected chi connectivity index (χ1v) is 12.8. The summed E-state index contributed by atoms with van der Waals surface area (Å²) in [6.45, 7) is 3.08. The highest BCUT2D eigenvalue weighted by molar-refractivity contribution is 7.90. The summed E-state index contributed by atoms with van der Waals surface area (Å²) in [6, 6.07) is 10.8. The zero-order valence-electron chi connectivity index (χ0n) is 19.1. The highest BCUT2D eigenvalue weighted by Crippen LogP contribution is 2.14. The smallest absolute Gasteiger partial charge is 0.409 e. The normalized spacial score (nSPS) is 14.4. The summed E-state index contributed by atoms with van der Waals surface area (Å²) in [6.07, 6.45) is 2.03. The molecule has 3 amide bonds. The molecular formula is C23H28N4O6S. The molecule has 1 aliphatic rings. The predicted octanol–water partition coefficient (Wildman–Crippen LogP) is 2.02. The number of benzene rings is 1. The lowest BCUT2D eigenvalue weighted by molar-refractivity contribution is -0.115. The van der Waals surface area contributed by atoms with Crippen molar-refractivity contribution in [2.24, 2.45) is 0 Å². The second kappa shape index (κ2) is 11.1. The highest BCUT2D eigenvalue weighted by atomic mass is 32.2. The second-order valence-corrected chi connectivity index (χ2v) is 10.00. The minimum Gasteiger partial charge on any atom is -0.450 e. The third kappa shape index (κ3) is 7.01. The van der Waals surface area contributed by atoms with Crippen molar-refractivity contribution in [3.8, 4) is 0 Å². The standard InChI is InChI=1S/C23H28N4O6S/c1-3-33-23(30)27-13-11-17(12-14-27)24-22(29)19-5-4-6-20(25-19)26-21(28)15-16-7-9-18(10-8-16)34(2,31)32/h4-10,17H,3,11-15H2,1-2H3,(H,24,29)(H,25,26,28). The molecule has 1 saturated heterocycles. The molecule has 34 heavy (non-hydrogen) atoms. The quantitative estimate of drug-likeness (QED) is 0.609. The molecular weight excluding hydrogens is 460 g/mol. The Morgan fingerprint density at radius 2 is 1.76 bits per heavy atom. The predicted molar refractivity (Wildman–Crippen MR) is 125 cm³/mol. The number of nitrogens with one attached hydrogen (secondary N) is 2. The number of ether oxygens (including phenoxy) is 1. The Morgan fingerprint density at radius 1 is 1.09 bits per heavy atom. The number of rotatable bonds is 7. The first kappa shape index (κ1) is 25.2. The average molecular weight is 489 g/mol. The lowest BCUT2D eigenvalue weighted by atomic mass is 10.1. The van der Waals surface area contributed by atoms with Crippen LogP contribution in [0.3, 0.4) is 0 Å². The van der Waals surface area contributed by atoms with E-state index in [-0.39, 0.29) is 46.8 Å². The van der Waals surface area contributed by atoms with Crippen molar-refractivity contribution in [3.63, 3.8) is 0 Å². The van der Waals surface area contributed by atoms with E-state index < -0.39 is 9.84 Å². The number of nitrogens with zero attached hydrogens (tertiary/aromatic N) is 2. The van der Waals surface area contributed by atoms with Gasteiger partial charge in [0.2, 0.25) is 5.91 Å². The fourth-order valence-electron chi connectivity index (χ4n) is 3.54. The fraction of sp³-hybridized carbons (Fsp3) is 0.391. The highest BCUT2D eigenvalue weighted by Gasteiger charge is 2.25. The summed E-state index contributed by atoms with van der Waals surface area (Å²) in [7, 11) is -3.30. The number of anilines is 1. The van der Waals surface area contributed by atoms with Gasteiger partial charge in [-0.3, -0.25) is 9.59 Å². The van der Waals surface area contributed by atoms with Gasteiger partial charge in [-0.15, -0.1) is 0 Å². The molecule has 1 fully saturated rings. The number of likely N-dealkylation sites (tertiary alicyclic amines) is 1. The van der Waals surface area contributed by atoms with Crippen LogP contribution in [0.15, 0.2) is 47.4 Å². The first-order chi connectivity index (χ1) is 16.2. The van der Waals surface area contributed by atoms with E-state index in [1.54, 1.807) is 42.2 Å². The maximum Gasteiger partial charge on any atom is 0.409 e. The molecule has 10 nitrogen and oxygen atoms in total. The molecule has 0 saturated carbocycles. The van der Waals surface area contributed by atoms with Crippen molar-refractivity contribution in [3.05, 3.63) is 53.7 Å². The molecule has 0 atom stereocenters. The van der Waals surface area contributed by atoms with E-state index in [1.807, 2.05) is 0 Å². The summed E-state index contributed by atoms with van der Waals surface area (Å²) in [5, 5.41) is 5.58. The van der Waals surface area contributed by atoms with Crippen molar-refractivity contribution in [2.45, 2.75) is 37.1 Å². The average Bonchev–Trinajstić information content (AvgIpc) is 2.79. The topological polar surface area (TPSA) is 135 Å². The Kier molecular flexibility index (Phi) is 8.21. The third-order valence-electron chi connectivity index (χ3n) is 5.32. The van der Waals surface area contributed by atoms with Crippen molar-refractivity contribution >= 4 is 33.6 Å². The van der Waals surface area contributed by atoms with Gasteiger partial charge in [0, 0.05) is 25.4 Å². The van der Waals surface area contributed by atoms with Crippen molar-refractivity contribution in [1.82, 2.24) is 15.2 Å². The SMILES string of the molecule is CCOC(=O)N1CCC(NC(=O)c2cccc(NC(=O)Cc3ccc(S(C)(=O)=O)cc3)n2)CC1. The summed E-state index contributed by atoms with van der Waals surface area (Å²) in [5.74, 6) is -0.465. The molecule has 0 unspecified atom stereocenters. The summed E-state index contributed by atoms with van der Waals surface area (Å²) in [4.78, 5) is 42.8. The Balaban J connectivity index is 1.52. The van der Waals surface area contributed by atoms with Gasteiger partial charge in [-0.25, -0.2) is 18.2 Å². The number of hydrogen-bond donors (Lipinski definition) is 2. The monoisotopic (exact) mass is 488 g/mol. The number of aromatic nitrogens is 1. The molecule has 1 aromatic heterocycles. The largest absolute Gasteiger partial charge is 0.450 e. The van der Waals surface area contributed by atoms with Crippen LogP contribution < -0.4 is 10.6 Å². The van der Waals surface area contributed by atoms with Gasteiger partial charge in [-0.05, 0) is 49.6 Å². The fourth-order valence-corrected chi connectivity index (χ4v) is 4.17. The van der Waals surface area contributed by atoms with Crippen molar-refractivity contribution in [2.75, 3.05) is 31.3 Å². The van der Waals surface area contributed by atoms with Crippen LogP contribution in [0.2, 0.25) is 0 Å². The molecule has 2 heterocycles. The van der Waals surface area contributed by atoms with Crippen LogP contribution in [0.4, 0.5) is 10.6 Å². The minimum atomic E-state index is -3.30. The Hall–Kier alpha value is -3.47. The van der Waals surface area contributed by atoms with E-state index in [0.29, 0.717) is 38.1 Å². The van der Waals surface area contributed by atoms with Crippen LogP contribution in [-0.4, -0.2) is 68.2 Å². The van der Waals surface area contributed by atoms with Gasteiger partial charge in [0.1, 0.15) is 11.5 Å². The Bertz CT molecular complexity index is 1140. The maximum absolute atomic E-state index is 12.6. The summed E-state index contributed by atoms with van der Waals surface area (Å²) < 4.78 is 28.1. The van der Waals surface area contributed by atoms with E-state index in [1.165, 1.54) is 12.1 Å². The van der Waals surface area contributed by atoms with Crippen LogP contribution >= 0.6 is 0 Å². The van der Waals surface area contributed by atoms with Crippen LogP contribution in [-0.2, 0) is 25.8 Å². The lowest BCUT2D eigenvalue weighted by Gasteiger charge is -2.31. The summed E-state index contributed by atoms with van der Waals surface area (Å²) >= 11 is 0. The molecule has 11 heteroatoms. The molecule has 2 aromatic rings. The number of sulfone groups is 1. The third-order valence-corrected chi connectivity index (χ3v) is 6.45. The van der Waals surface area contributed by atoms with Gasteiger partial charge in [0.15, 0.2) is 9.84 Å². The Labute approximate surface area is 198 Å². The van der Waals surface area contributed by atoms with Gasteiger partial charge in [0.05, 0.1) is 17.9 Å². The Morgan fingerprint density at radius 3 is 2.38 bits per heavy atom. The first-order valence-electron chi connectivity index (χ1n) is 10.9. The zero-order valence-corrected chi connectivity index (χ0v) is 19.9. The molecule has 182 valence electrons. The number of pyridine rings is 1. The van der Waals surface area contributed by atoms with Gasteiger partial charge in [0.25, 0.3) is 5.91 Å². The molecule has 3 rings (SSSR count). The molecule has 0 radical (unpaired) electrons. The number of carbonyl (C=O) groups is 3. The molecule has 0 spiro atoms. The van der Waals surface area contributed by atoms with Crippen LogP contribution in [0.25, 0.3) is 0 Å². The van der Waals surface area contributed by atoms with Gasteiger partial charge >= 0.3 is 6.09 Å².